The SMILES string of the molecule is CC1CC(CNCC(=O)O)OC2C1C1(C)CCC34CC35CCC(OC3CN(C(=O)CC6CC6)CCO3)C(C)(C)C5CCC4C1(N)C2O. The average Bonchev–Trinajstić information content (AvgIpc) is 3.94. The van der Waals surface area contributed by atoms with Gasteiger partial charge in [-0.2, -0.15) is 0 Å². The van der Waals surface area contributed by atoms with Crippen LogP contribution in [0.1, 0.15) is 98.3 Å². The molecule has 264 valence electrons. The number of hydrogen-bond donors (Lipinski definition) is 4. The quantitative estimate of drug-likeness (QED) is 0.308. The number of nitrogens with zero attached hydrogens (tertiary/aromatic N) is 1. The molecular weight excluding hydrogens is 598 g/mol. The molecule has 0 aromatic heterocycles. The third kappa shape index (κ3) is 4.70. The van der Waals surface area contributed by atoms with Crippen molar-refractivity contribution in [3.63, 3.8) is 0 Å². The van der Waals surface area contributed by atoms with Gasteiger partial charge in [0.05, 0.1) is 49.7 Å². The van der Waals surface area contributed by atoms with Crippen LogP contribution in [0.15, 0.2) is 0 Å². The van der Waals surface area contributed by atoms with Crippen LogP contribution in [0.3, 0.4) is 0 Å². The number of ether oxygens (including phenoxy) is 3. The lowest BCUT2D eigenvalue weighted by Crippen LogP contribution is -2.70. The molecule has 10 heteroatoms. The highest BCUT2D eigenvalue weighted by Crippen LogP contribution is 2.87. The van der Waals surface area contributed by atoms with Crippen molar-refractivity contribution in [2.75, 3.05) is 32.8 Å². The summed E-state index contributed by atoms with van der Waals surface area (Å²) in [6.45, 7) is 11.6. The summed E-state index contributed by atoms with van der Waals surface area (Å²) in [7, 11) is 0. The van der Waals surface area contributed by atoms with Crippen molar-refractivity contribution < 1.29 is 34.0 Å². The number of rotatable bonds is 8. The normalized spacial score (nSPS) is 51.2. The second kappa shape index (κ2) is 11.1. The van der Waals surface area contributed by atoms with Gasteiger partial charge in [0.15, 0.2) is 6.29 Å². The summed E-state index contributed by atoms with van der Waals surface area (Å²) in [5.74, 6) is 1.26. The van der Waals surface area contributed by atoms with Crippen LogP contribution in [0, 0.1) is 51.2 Å². The topological polar surface area (TPSA) is 144 Å². The van der Waals surface area contributed by atoms with Gasteiger partial charge >= 0.3 is 5.97 Å². The van der Waals surface area contributed by atoms with Gasteiger partial charge in [0, 0.05) is 19.5 Å². The predicted octanol–water partition coefficient (Wildman–Crippen LogP) is 3.54. The van der Waals surface area contributed by atoms with Crippen LogP contribution in [-0.4, -0.2) is 96.0 Å². The smallest absolute Gasteiger partial charge is 0.317 e. The summed E-state index contributed by atoms with van der Waals surface area (Å²) in [6, 6.07) is 0. The highest BCUT2D eigenvalue weighted by molar-refractivity contribution is 5.76. The number of fused-ring (bicyclic) bond motifs is 4. The number of nitrogens with two attached hydrogens (primary N) is 1. The molecule has 2 spiro atoms. The number of aliphatic carboxylic acids is 1. The molecule has 8 aliphatic rings. The number of morpholine rings is 1. The van der Waals surface area contributed by atoms with E-state index >= 15 is 0 Å². The van der Waals surface area contributed by atoms with Gasteiger partial charge in [-0.05, 0) is 115 Å². The Morgan fingerprint density at radius 2 is 1.79 bits per heavy atom. The molecule has 2 heterocycles. The second-order valence-electron chi connectivity index (χ2n) is 18.2. The largest absolute Gasteiger partial charge is 0.480 e. The fourth-order valence-electron chi connectivity index (χ4n) is 13.5. The second-order valence-corrected chi connectivity index (χ2v) is 18.2. The van der Waals surface area contributed by atoms with E-state index in [0.29, 0.717) is 50.4 Å². The highest BCUT2D eigenvalue weighted by Gasteiger charge is 2.85. The van der Waals surface area contributed by atoms with Crippen LogP contribution in [0.25, 0.3) is 0 Å². The van der Waals surface area contributed by atoms with Crippen molar-refractivity contribution in [1.82, 2.24) is 10.2 Å². The molecule has 47 heavy (non-hydrogen) atoms. The number of aliphatic hydroxyl groups is 1. The lowest BCUT2D eigenvalue weighted by atomic mass is 9.43. The molecule has 8 rings (SSSR count). The van der Waals surface area contributed by atoms with E-state index in [1.807, 2.05) is 4.90 Å². The van der Waals surface area contributed by atoms with Crippen molar-refractivity contribution in [2.24, 2.45) is 57.0 Å². The molecule has 2 saturated heterocycles. The number of aliphatic hydroxyl groups excluding tert-OH is 1. The number of nitrogens with one attached hydrogen (secondary N) is 1. The summed E-state index contributed by atoms with van der Waals surface area (Å²) in [6.07, 6.45) is 10.0. The lowest BCUT2D eigenvalue weighted by molar-refractivity contribution is -0.245. The number of carbonyl (C=O) groups is 2. The molecule has 1 amide bonds. The molecule has 6 saturated carbocycles. The first kappa shape index (κ1) is 32.9. The first-order valence-electron chi connectivity index (χ1n) is 18.9. The molecule has 2 aliphatic heterocycles. The molecule has 13 unspecified atom stereocenters. The van der Waals surface area contributed by atoms with E-state index in [1.54, 1.807) is 0 Å². The Bertz CT molecular complexity index is 1280. The molecule has 8 fully saturated rings. The number of hydrogen-bond acceptors (Lipinski definition) is 8. The van der Waals surface area contributed by atoms with Crippen molar-refractivity contribution in [3.8, 4) is 0 Å². The minimum atomic E-state index is -0.875. The van der Waals surface area contributed by atoms with E-state index in [4.69, 9.17) is 25.1 Å². The van der Waals surface area contributed by atoms with Gasteiger partial charge in [0.1, 0.15) is 0 Å². The van der Waals surface area contributed by atoms with Gasteiger partial charge in [-0.1, -0.05) is 27.7 Å². The Labute approximate surface area is 280 Å². The standard InChI is InChI=1S/C37H59N3O7/c1-21-15-23(17-39-18-28(42)43)46-31-30(21)34(4)11-12-36-20-35(36)10-9-26(33(2,3)24(35)7-8-25(36)37(34,38)32(31)44)47-29-19-40(13-14-45-29)27(41)16-22-5-6-22/h21-26,29-32,39,44H,5-20,38H2,1-4H3,(H,42,43). The Hall–Kier alpha value is -1.30. The Balaban J connectivity index is 0.983. The summed E-state index contributed by atoms with van der Waals surface area (Å²) < 4.78 is 19.6. The zero-order chi connectivity index (χ0) is 33.1. The van der Waals surface area contributed by atoms with Crippen molar-refractivity contribution >= 4 is 11.9 Å². The van der Waals surface area contributed by atoms with E-state index in [2.05, 4.69) is 33.0 Å². The number of carboxylic acid groups (broad SMARTS) is 1. The molecule has 0 aromatic rings. The molecule has 6 aliphatic carbocycles. The van der Waals surface area contributed by atoms with Crippen molar-refractivity contribution in [2.45, 2.75) is 135 Å². The molecule has 0 aromatic carbocycles. The zero-order valence-electron chi connectivity index (χ0n) is 29.0. The van der Waals surface area contributed by atoms with Gasteiger partial charge in [0.25, 0.3) is 0 Å². The fourth-order valence-corrected chi connectivity index (χ4v) is 13.5. The fraction of sp³-hybridized carbons (Fsp3) is 0.946. The van der Waals surface area contributed by atoms with Crippen molar-refractivity contribution in [1.29, 1.82) is 0 Å². The molecule has 10 nitrogen and oxygen atoms in total. The maximum absolute atomic E-state index is 12.9. The van der Waals surface area contributed by atoms with Gasteiger partial charge in [-0.25, -0.2) is 0 Å². The van der Waals surface area contributed by atoms with E-state index in [-0.39, 0.29) is 70.5 Å². The highest BCUT2D eigenvalue weighted by atomic mass is 16.7. The maximum atomic E-state index is 12.9. The average molecular weight is 658 g/mol. The van der Waals surface area contributed by atoms with Gasteiger partial charge < -0.3 is 40.4 Å². The van der Waals surface area contributed by atoms with Crippen LogP contribution < -0.4 is 11.1 Å². The monoisotopic (exact) mass is 657 g/mol. The van der Waals surface area contributed by atoms with Crippen LogP contribution >= 0.6 is 0 Å². The maximum Gasteiger partial charge on any atom is 0.317 e. The van der Waals surface area contributed by atoms with Crippen LogP contribution in [-0.2, 0) is 23.8 Å². The van der Waals surface area contributed by atoms with Gasteiger partial charge in [-0.3, -0.25) is 9.59 Å². The first-order valence-corrected chi connectivity index (χ1v) is 18.9. The minimum Gasteiger partial charge on any atom is -0.480 e. The van der Waals surface area contributed by atoms with Crippen LogP contribution in [0.5, 0.6) is 0 Å². The van der Waals surface area contributed by atoms with Gasteiger partial charge in [0.2, 0.25) is 5.91 Å². The number of amides is 1. The van der Waals surface area contributed by atoms with Gasteiger partial charge in [-0.15, -0.1) is 0 Å². The van der Waals surface area contributed by atoms with E-state index in [1.165, 1.54) is 25.7 Å². The summed E-state index contributed by atoms with van der Waals surface area (Å²) in [4.78, 5) is 25.9. The Kier molecular flexibility index (Phi) is 7.76. The van der Waals surface area contributed by atoms with Crippen LogP contribution in [0.2, 0.25) is 0 Å². The van der Waals surface area contributed by atoms with E-state index in [9.17, 15) is 14.7 Å². The molecular formula is C37H59N3O7. The van der Waals surface area contributed by atoms with E-state index in [0.717, 1.165) is 38.5 Å². The number of carbonyl (C=O) groups excluding carboxylic acids is 1. The molecule has 13 atom stereocenters. The van der Waals surface area contributed by atoms with Crippen molar-refractivity contribution in [3.05, 3.63) is 0 Å². The molecule has 0 radical (unpaired) electrons. The third-order valence-corrected chi connectivity index (χ3v) is 15.8. The lowest BCUT2D eigenvalue weighted by Gasteiger charge is -2.63. The predicted molar refractivity (Wildman–Crippen MR) is 174 cm³/mol. The first-order chi connectivity index (χ1) is 22.3. The molecule has 5 N–H and O–H groups in total. The minimum absolute atomic E-state index is 0.0328. The van der Waals surface area contributed by atoms with E-state index < -0.39 is 17.6 Å². The summed E-state index contributed by atoms with van der Waals surface area (Å²) in [5.41, 5.74) is 7.16. The molecule has 0 bridgehead atoms. The van der Waals surface area contributed by atoms with Crippen LogP contribution in [0.4, 0.5) is 0 Å². The number of carboxylic acids is 1. The zero-order valence-corrected chi connectivity index (χ0v) is 29.0. The Morgan fingerprint density at radius 3 is 2.53 bits per heavy atom. The summed E-state index contributed by atoms with van der Waals surface area (Å²) >= 11 is 0. The Morgan fingerprint density at radius 1 is 1.04 bits per heavy atom. The summed E-state index contributed by atoms with van der Waals surface area (Å²) in [5, 5.41) is 24.4. The third-order valence-electron chi connectivity index (χ3n) is 15.8.